The van der Waals surface area contributed by atoms with Gasteiger partial charge in [0.05, 0.1) is 16.7 Å². The number of aromatic nitrogens is 2. The van der Waals surface area contributed by atoms with Crippen LogP contribution in [0.3, 0.4) is 0 Å². The number of anilines is 1. The summed E-state index contributed by atoms with van der Waals surface area (Å²) in [6.45, 7) is 0. The summed E-state index contributed by atoms with van der Waals surface area (Å²) in [5.74, 6) is -0.355. The summed E-state index contributed by atoms with van der Waals surface area (Å²) < 4.78 is 26.7. The van der Waals surface area contributed by atoms with Gasteiger partial charge in [-0.2, -0.15) is 5.10 Å². The molecule has 0 amide bonds. The number of rotatable bonds is 4. The molecule has 21 heavy (non-hydrogen) atoms. The van der Waals surface area contributed by atoms with Crippen molar-refractivity contribution in [3.05, 3.63) is 40.0 Å². The Morgan fingerprint density at radius 3 is 2.52 bits per heavy atom. The molecule has 0 bridgehead atoms. The Balaban J connectivity index is 2.41. The van der Waals surface area contributed by atoms with Crippen molar-refractivity contribution in [2.24, 2.45) is 10.9 Å². The molecule has 0 unspecified atom stereocenters. The van der Waals surface area contributed by atoms with Gasteiger partial charge >= 0.3 is 0 Å². The SMILES string of the molecule is NC(=NO)c1cn[nH]c1NS(=O)(=O)c1cc(Cl)cc(Cl)c1. The summed E-state index contributed by atoms with van der Waals surface area (Å²) in [7, 11) is -3.97. The van der Waals surface area contributed by atoms with E-state index in [0.29, 0.717) is 0 Å². The van der Waals surface area contributed by atoms with Crippen LogP contribution in [0.15, 0.2) is 34.4 Å². The Hall–Kier alpha value is -1.97. The fraction of sp³-hybridized carbons (Fsp3) is 0. The predicted molar refractivity (Wildman–Crippen MR) is 78.4 cm³/mol. The van der Waals surface area contributed by atoms with Crippen LogP contribution < -0.4 is 10.5 Å². The number of H-pyrrole nitrogens is 1. The van der Waals surface area contributed by atoms with Crippen LogP contribution in [0.4, 0.5) is 5.82 Å². The van der Waals surface area contributed by atoms with E-state index in [1.54, 1.807) is 0 Å². The molecule has 0 aliphatic carbocycles. The molecule has 0 aliphatic rings. The number of oxime groups is 1. The minimum atomic E-state index is -3.97. The van der Waals surface area contributed by atoms with Gasteiger partial charge in [0.15, 0.2) is 5.84 Å². The van der Waals surface area contributed by atoms with Gasteiger partial charge in [-0.1, -0.05) is 28.4 Å². The molecule has 0 fully saturated rings. The molecule has 2 rings (SSSR count). The van der Waals surface area contributed by atoms with Gasteiger partial charge in [0.2, 0.25) is 0 Å². The lowest BCUT2D eigenvalue weighted by Crippen LogP contribution is -2.18. The monoisotopic (exact) mass is 349 g/mol. The van der Waals surface area contributed by atoms with Crippen LogP contribution in [-0.2, 0) is 10.0 Å². The Morgan fingerprint density at radius 2 is 1.95 bits per heavy atom. The van der Waals surface area contributed by atoms with Gasteiger partial charge < -0.3 is 10.9 Å². The first-order valence-corrected chi connectivity index (χ1v) is 7.57. The first-order valence-electron chi connectivity index (χ1n) is 5.33. The number of benzene rings is 1. The van der Waals surface area contributed by atoms with Crippen molar-refractivity contribution >= 4 is 44.9 Å². The second kappa shape index (κ2) is 5.80. The van der Waals surface area contributed by atoms with E-state index in [0.717, 1.165) is 0 Å². The van der Waals surface area contributed by atoms with E-state index < -0.39 is 10.0 Å². The maximum atomic E-state index is 12.2. The maximum absolute atomic E-state index is 12.2. The Morgan fingerprint density at radius 1 is 1.33 bits per heavy atom. The first-order chi connectivity index (χ1) is 9.83. The number of amidine groups is 1. The fourth-order valence-electron chi connectivity index (χ4n) is 1.49. The molecular weight excluding hydrogens is 341 g/mol. The van der Waals surface area contributed by atoms with Gasteiger partial charge in [-0.15, -0.1) is 0 Å². The molecule has 0 atom stereocenters. The quantitative estimate of drug-likeness (QED) is 0.288. The summed E-state index contributed by atoms with van der Waals surface area (Å²) in [4.78, 5) is -0.139. The highest BCUT2D eigenvalue weighted by Crippen LogP contribution is 2.24. The first kappa shape index (κ1) is 15.4. The van der Waals surface area contributed by atoms with Gasteiger partial charge in [-0.05, 0) is 18.2 Å². The zero-order valence-corrected chi connectivity index (χ0v) is 12.5. The van der Waals surface area contributed by atoms with Crippen LogP contribution >= 0.6 is 23.2 Å². The van der Waals surface area contributed by atoms with E-state index in [1.165, 1.54) is 24.4 Å². The highest BCUT2D eigenvalue weighted by atomic mass is 35.5. The van der Waals surface area contributed by atoms with E-state index in [-0.39, 0.29) is 32.2 Å². The van der Waals surface area contributed by atoms with Gasteiger partial charge in [0, 0.05) is 10.0 Å². The molecule has 11 heteroatoms. The molecule has 0 saturated heterocycles. The topological polar surface area (TPSA) is 133 Å². The molecule has 1 aromatic carbocycles. The highest BCUT2D eigenvalue weighted by Gasteiger charge is 2.20. The molecule has 0 radical (unpaired) electrons. The van der Waals surface area contributed by atoms with Crippen LogP contribution in [0.1, 0.15) is 5.56 Å². The van der Waals surface area contributed by atoms with Crippen LogP contribution in [0.5, 0.6) is 0 Å². The van der Waals surface area contributed by atoms with Gasteiger partial charge in [-0.3, -0.25) is 9.82 Å². The normalized spacial score (nSPS) is 12.4. The number of hydrogen-bond acceptors (Lipinski definition) is 5. The van der Waals surface area contributed by atoms with Crippen molar-refractivity contribution in [2.75, 3.05) is 4.72 Å². The molecule has 8 nitrogen and oxygen atoms in total. The minimum Gasteiger partial charge on any atom is -0.409 e. The Labute approximate surface area is 129 Å². The van der Waals surface area contributed by atoms with Crippen molar-refractivity contribution in [1.82, 2.24) is 10.2 Å². The molecule has 112 valence electrons. The number of sulfonamides is 1. The zero-order valence-electron chi connectivity index (χ0n) is 10.2. The largest absolute Gasteiger partial charge is 0.409 e. The summed E-state index contributed by atoms with van der Waals surface area (Å²) in [5.41, 5.74) is 5.50. The molecule has 0 aliphatic heterocycles. The summed E-state index contributed by atoms with van der Waals surface area (Å²) in [6, 6.07) is 3.87. The third-order valence-corrected chi connectivity index (χ3v) is 4.17. The lowest BCUT2D eigenvalue weighted by molar-refractivity contribution is 0.318. The van der Waals surface area contributed by atoms with Crippen LogP contribution in [0.25, 0.3) is 0 Å². The van der Waals surface area contributed by atoms with E-state index >= 15 is 0 Å². The van der Waals surface area contributed by atoms with E-state index in [4.69, 9.17) is 34.1 Å². The van der Waals surface area contributed by atoms with E-state index in [9.17, 15) is 8.42 Å². The Kier molecular flexibility index (Phi) is 4.26. The number of nitrogens with zero attached hydrogens (tertiary/aromatic N) is 2. The second-order valence-corrected chi connectivity index (χ2v) is 6.41. The average molecular weight is 350 g/mol. The molecular formula is C10H9Cl2N5O3S. The minimum absolute atomic E-state index is 0.0543. The third kappa shape index (κ3) is 3.38. The molecule has 5 N–H and O–H groups in total. The van der Waals surface area contributed by atoms with Crippen molar-refractivity contribution in [2.45, 2.75) is 4.90 Å². The van der Waals surface area contributed by atoms with Gasteiger partial charge in [0.25, 0.3) is 10.0 Å². The van der Waals surface area contributed by atoms with Crippen molar-refractivity contribution in [3.63, 3.8) is 0 Å². The number of aromatic amines is 1. The maximum Gasteiger partial charge on any atom is 0.263 e. The standard InChI is InChI=1S/C10H9Cl2N5O3S/c11-5-1-6(12)3-7(2-5)21(19,20)17-10-8(4-14-15-10)9(13)16-18/h1-4,18H,(H2,13,16)(H2,14,15,17). The molecule has 0 spiro atoms. The highest BCUT2D eigenvalue weighted by molar-refractivity contribution is 7.92. The number of nitrogens with two attached hydrogens (primary N) is 1. The van der Waals surface area contributed by atoms with Crippen LogP contribution in [-0.4, -0.2) is 29.7 Å². The van der Waals surface area contributed by atoms with Crippen molar-refractivity contribution in [3.8, 4) is 0 Å². The molecule has 2 aromatic rings. The van der Waals surface area contributed by atoms with E-state index in [2.05, 4.69) is 20.1 Å². The summed E-state index contributed by atoms with van der Waals surface area (Å²) >= 11 is 11.5. The number of nitrogens with one attached hydrogen (secondary N) is 2. The van der Waals surface area contributed by atoms with Crippen LogP contribution in [0.2, 0.25) is 10.0 Å². The molecule has 1 heterocycles. The molecule has 1 aromatic heterocycles. The number of halogens is 2. The predicted octanol–water partition coefficient (Wildman–Crippen LogP) is 1.61. The van der Waals surface area contributed by atoms with Crippen molar-refractivity contribution < 1.29 is 13.6 Å². The average Bonchev–Trinajstić information content (AvgIpc) is 2.84. The molecule has 0 saturated carbocycles. The summed E-state index contributed by atoms with van der Waals surface area (Å²) in [5, 5.41) is 17.8. The number of hydrogen-bond donors (Lipinski definition) is 4. The van der Waals surface area contributed by atoms with Crippen LogP contribution in [0, 0.1) is 0 Å². The van der Waals surface area contributed by atoms with Gasteiger partial charge in [0.1, 0.15) is 5.82 Å². The second-order valence-electron chi connectivity index (χ2n) is 3.85. The lowest BCUT2D eigenvalue weighted by Gasteiger charge is -2.08. The fourth-order valence-corrected chi connectivity index (χ4v) is 3.25. The Bertz CT molecular complexity index is 783. The van der Waals surface area contributed by atoms with Crippen molar-refractivity contribution in [1.29, 1.82) is 0 Å². The van der Waals surface area contributed by atoms with E-state index in [1.807, 2.05) is 0 Å². The zero-order chi connectivity index (χ0) is 15.6. The van der Waals surface area contributed by atoms with Gasteiger partial charge in [-0.25, -0.2) is 8.42 Å². The summed E-state index contributed by atoms with van der Waals surface area (Å²) in [6.07, 6.45) is 1.21. The smallest absolute Gasteiger partial charge is 0.263 e. The lowest BCUT2D eigenvalue weighted by atomic mass is 10.3. The third-order valence-electron chi connectivity index (χ3n) is 2.41.